The molecule has 1 aromatic heterocycles. The number of nitrogens with two attached hydrogens (primary N) is 1. The smallest absolute Gasteiger partial charge is 0.323 e. The van der Waals surface area contributed by atoms with E-state index in [-0.39, 0.29) is 25.0 Å². The summed E-state index contributed by atoms with van der Waals surface area (Å²) in [4.78, 5) is 25.7. The third-order valence-corrected chi connectivity index (χ3v) is 9.09. The number of esters is 1. The zero-order chi connectivity index (χ0) is 33.3. The second-order valence-electron chi connectivity index (χ2n) is 11.8. The van der Waals surface area contributed by atoms with Crippen molar-refractivity contribution in [1.82, 2.24) is 5.32 Å². The van der Waals surface area contributed by atoms with Crippen LogP contribution in [0.25, 0.3) is 22.3 Å². The fourth-order valence-electron chi connectivity index (χ4n) is 5.30. The molecule has 0 saturated heterocycles. The molecule has 1 aliphatic rings. The predicted molar refractivity (Wildman–Crippen MR) is 176 cm³/mol. The molecule has 3 aromatic carbocycles. The first-order chi connectivity index (χ1) is 21.8. The molecule has 12 heteroatoms. The number of furan rings is 1. The summed E-state index contributed by atoms with van der Waals surface area (Å²) in [6.07, 6.45) is -0.303. The topological polar surface area (TPSA) is 150 Å². The van der Waals surface area contributed by atoms with Crippen molar-refractivity contribution in [3.8, 4) is 22.8 Å². The van der Waals surface area contributed by atoms with Crippen LogP contribution < -0.4 is 20.1 Å². The van der Waals surface area contributed by atoms with Crippen LogP contribution >= 0.6 is 0 Å². The second kappa shape index (κ2) is 13.1. The molecule has 0 bridgehead atoms. The highest BCUT2D eigenvalue weighted by Gasteiger charge is 2.34. The molecule has 1 amide bonds. The Morgan fingerprint density at radius 2 is 1.70 bits per heavy atom. The number of rotatable bonds is 9. The maximum Gasteiger partial charge on any atom is 0.323 e. The van der Waals surface area contributed by atoms with Crippen LogP contribution in [0.15, 0.2) is 65.1 Å². The minimum atomic E-state index is -3.81. The molecule has 3 N–H and O–H groups in total. The number of fused-ring (bicyclic) bond motifs is 2. The molecule has 2 heterocycles. The van der Waals surface area contributed by atoms with Gasteiger partial charge in [-0.05, 0) is 62.2 Å². The molecule has 0 radical (unpaired) electrons. The lowest BCUT2D eigenvalue weighted by atomic mass is 10.0. The first-order valence-corrected chi connectivity index (χ1v) is 16.8. The van der Waals surface area contributed by atoms with Crippen molar-refractivity contribution in [1.29, 1.82) is 0 Å². The Labute approximate surface area is 268 Å². The van der Waals surface area contributed by atoms with Gasteiger partial charge in [0.25, 0.3) is 5.91 Å². The van der Waals surface area contributed by atoms with Gasteiger partial charge in [0.1, 0.15) is 41.6 Å². The number of ether oxygens (including phenoxy) is 3. The fraction of sp³-hybridized carbons (Fsp3) is 0.353. The average molecular weight is 650 g/mol. The number of nitrogens with zero attached hydrogens (tertiary/aromatic N) is 1. The third-order valence-electron chi connectivity index (χ3n) is 7.94. The van der Waals surface area contributed by atoms with E-state index in [9.17, 15) is 18.0 Å². The molecule has 0 spiro atoms. The summed E-state index contributed by atoms with van der Waals surface area (Å²) < 4.78 is 51.3. The summed E-state index contributed by atoms with van der Waals surface area (Å²) >= 11 is 0. The monoisotopic (exact) mass is 649 g/mol. The number of nitrogens with one attached hydrogen (secondary N) is 1. The van der Waals surface area contributed by atoms with Crippen molar-refractivity contribution in [3.05, 3.63) is 77.4 Å². The maximum absolute atomic E-state index is 13.3. The van der Waals surface area contributed by atoms with Crippen LogP contribution in [0.5, 0.6) is 11.5 Å². The summed E-state index contributed by atoms with van der Waals surface area (Å²) in [6, 6.07) is 17.4. The van der Waals surface area contributed by atoms with Crippen LogP contribution in [0.2, 0.25) is 0 Å². The van der Waals surface area contributed by atoms with Crippen LogP contribution in [-0.4, -0.2) is 58.9 Å². The molecule has 0 aliphatic carbocycles. The zero-order valence-corrected chi connectivity index (χ0v) is 27.5. The number of amides is 1. The van der Waals surface area contributed by atoms with E-state index in [1.54, 1.807) is 43.3 Å². The number of hydrogen-bond acceptors (Lipinski definition) is 9. The van der Waals surface area contributed by atoms with Gasteiger partial charge < -0.3 is 29.7 Å². The highest BCUT2D eigenvalue weighted by atomic mass is 32.2. The molecule has 4 aromatic rings. The summed E-state index contributed by atoms with van der Waals surface area (Å²) in [5.41, 5.74) is 9.17. The second-order valence-corrected chi connectivity index (χ2v) is 13.7. The first kappa shape index (κ1) is 33.0. The number of aryl methyl sites for hydroxylation is 1. The number of hydrogen-bond donors (Lipinski definition) is 2. The largest absolute Gasteiger partial charge is 0.462 e. The van der Waals surface area contributed by atoms with E-state index in [1.165, 1.54) is 11.4 Å². The summed E-state index contributed by atoms with van der Waals surface area (Å²) in [6.45, 7) is 7.10. The number of benzene rings is 3. The molecule has 3 atom stereocenters. The van der Waals surface area contributed by atoms with E-state index < -0.39 is 34.2 Å². The molecule has 5 rings (SSSR count). The SMILES string of the molecule is CNC(=O)c1c(-c2ccc(Oc3ccc(C)cc3)cc2)oc2cc3c(cc12)[C@H](C)O[C@H](COC(=O)[C@@H](N)C(C)C)CN3S(C)(=O)=O. The Hall–Kier alpha value is -4.39. The zero-order valence-electron chi connectivity index (χ0n) is 26.7. The van der Waals surface area contributed by atoms with Crippen molar-refractivity contribution >= 4 is 38.6 Å². The van der Waals surface area contributed by atoms with Gasteiger partial charge in [-0.25, -0.2) is 8.42 Å². The standard InChI is InChI=1S/C34H39N3O8S/c1-19(2)31(35)34(39)42-18-25-17-37(46(6,40)41)28-16-29-27(15-26(28)21(4)43-25)30(33(38)36-5)32(45-29)22-9-13-24(14-10-22)44-23-11-7-20(3)8-12-23/h7-16,19,21,25,31H,17-18,35H2,1-6H3,(H,36,38)/t21-,25-,31-/m0/s1. The van der Waals surface area contributed by atoms with Gasteiger partial charge in [0.2, 0.25) is 10.0 Å². The predicted octanol–water partition coefficient (Wildman–Crippen LogP) is 5.31. The number of carbonyl (C=O) groups excluding carboxylic acids is 2. The molecule has 0 saturated carbocycles. The van der Waals surface area contributed by atoms with E-state index in [4.69, 9.17) is 24.4 Å². The van der Waals surface area contributed by atoms with Gasteiger partial charge in [0.05, 0.1) is 30.2 Å². The van der Waals surface area contributed by atoms with E-state index in [1.807, 2.05) is 45.0 Å². The minimum Gasteiger partial charge on any atom is -0.462 e. The Kier molecular flexibility index (Phi) is 9.43. The van der Waals surface area contributed by atoms with E-state index in [2.05, 4.69) is 5.32 Å². The summed E-state index contributed by atoms with van der Waals surface area (Å²) in [5, 5.41) is 3.18. The Morgan fingerprint density at radius 3 is 2.28 bits per heavy atom. The normalized spacial score (nSPS) is 17.3. The minimum absolute atomic E-state index is 0.107. The van der Waals surface area contributed by atoms with Gasteiger partial charge in [-0.3, -0.25) is 13.9 Å². The highest BCUT2D eigenvalue weighted by molar-refractivity contribution is 7.92. The lowest BCUT2D eigenvalue weighted by Gasteiger charge is -2.25. The van der Waals surface area contributed by atoms with Crippen LogP contribution in [0, 0.1) is 12.8 Å². The first-order valence-electron chi connectivity index (χ1n) is 15.0. The number of anilines is 1. The Morgan fingerprint density at radius 1 is 1.07 bits per heavy atom. The lowest BCUT2D eigenvalue weighted by molar-refractivity contribution is -0.151. The fourth-order valence-corrected chi connectivity index (χ4v) is 6.25. The van der Waals surface area contributed by atoms with Gasteiger partial charge in [-0.2, -0.15) is 0 Å². The molecule has 1 aliphatic heterocycles. The molecular weight excluding hydrogens is 610 g/mol. The van der Waals surface area contributed by atoms with Crippen LogP contribution in [0.1, 0.15) is 48.4 Å². The molecule has 0 fully saturated rings. The van der Waals surface area contributed by atoms with Gasteiger partial charge in [0.15, 0.2) is 0 Å². The highest BCUT2D eigenvalue weighted by Crippen LogP contribution is 2.42. The van der Waals surface area contributed by atoms with Crippen LogP contribution in [0.3, 0.4) is 0 Å². The number of carbonyl (C=O) groups is 2. The van der Waals surface area contributed by atoms with Crippen LogP contribution in [0.4, 0.5) is 5.69 Å². The Bertz CT molecular complexity index is 1850. The van der Waals surface area contributed by atoms with Gasteiger partial charge in [0, 0.05) is 29.6 Å². The number of sulfonamides is 1. The molecule has 0 unspecified atom stereocenters. The summed E-state index contributed by atoms with van der Waals surface area (Å²) in [5.74, 6) is 0.537. The van der Waals surface area contributed by atoms with Crippen molar-refractivity contribution < 1.29 is 36.6 Å². The van der Waals surface area contributed by atoms with E-state index in [0.29, 0.717) is 50.6 Å². The van der Waals surface area contributed by atoms with E-state index >= 15 is 0 Å². The molecule has 46 heavy (non-hydrogen) atoms. The Balaban J connectivity index is 1.52. The lowest BCUT2D eigenvalue weighted by Crippen LogP contribution is -2.42. The quantitative estimate of drug-likeness (QED) is 0.230. The van der Waals surface area contributed by atoms with Gasteiger partial charge >= 0.3 is 5.97 Å². The molecule has 11 nitrogen and oxygen atoms in total. The van der Waals surface area contributed by atoms with Crippen molar-refractivity contribution in [2.75, 3.05) is 30.8 Å². The maximum atomic E-state index is 13.3. The average Bonchev–Trinajstić information content (AvgIpc) is 3.32. The van der Waals surface area contributed by atoms with Crippen molar-refractivity contribution in [2.45, 2.75) is 45.9 Å². The van der Waals surface area contributed by atoms with Crippen molar-refractivity contribution in [2.24, 2.45) is 11.7 Å². The van der Waals surface area contributed by atoms with Crippen LogP contribution in [-0.2, 0) is 24.3 Å². The molecular formula is C34H39N3O8S. The summed E-state index contributed by atoms with van der Waals surface area (Å²) in [7, 11) is -2.28. The third kappa shape index (κ3) is 6.88. The van der Waals surface area contributed by atoms with Gasteiger partial charge in [-0.15, -0.1) is 0 Å². The molecule has 244 valence electrons. The van der Waals surface area contributed by atoms with Crippen molar-refractivity contribution in [3.63, 3.8) is 0 Å². The van der Waals surface area contributed by atoms with Gasteiger partial charge in [-0.1, -0.05) is 31.5 Å². The van der Waals surface area contributed by atoms with E-state index in [0.717, 1.165) is 11.8 Å².